The van der Waals surface area contributed by atoms with Crippen molar-refractivity contribution in [2.75, 3.05) is 17.3 Å². The molecule has 0 N–H and O–H groups in total. The zero-order valence-electron chi connectivity index (χ0n) is 8.69. The molecule has 0 bridgehead atoms. The number of pyridine rings is 1. The van der Waals surface area contributed by atoms with Crippen molar-refractivity contribution in [1.29, 1.82) is 0 Å². The van der Waals surface area contributed by atoms with Crippen LogP contribution in [0.4, 0.5) is 0 Å². The minimum atomic E-state index is 0.142. The van der Waals surface area contributed by atoms with Crippen LogP contribution in [0.25, 0.3) is 0 Å². The summed E-state index contributed by atoms with van der Waals surface area (Å²) in [7, 11) is 0. The zero-order valence-corrected chi connectivity index (χ0v) is 11.1. The zero-order chi connectivity index (χ0) is 11.4. The molecule has 16 heavy (non-hydrogen) atoms. The second-order valence-electron chi connectivity index (χ2n) is 3.54. The maximum Gasteiger partial charge on any atom is 0.151 e. The van der Waals surface area contributed by atoms with E-state index in [1.165, 1.54) is 0 Å². The lowest BCUT2D eigenvalue weighted by Gasteiger charge is -2.19. The van der Waals surface area contributed by atoms with Gasteiger partial charge >= 0.3 is 0 Å². The Kier molecular flexibility index (Phi) is 4.55. The Bertz CT molecular complexity index is 380. The van der Waals surface area contributed by atoms with Gasteiger partial charge in [-0.25, -0.2) is 0 Å². The molecule has 1 fully saturated rings. The van der Waals surface area contributed by atoms with Gasteiger partial charge in [-0.3, -0.25) is 9.78 Å². The molecule has 2 rings (SSSR count). The Morgan fingerprint density at radius 2 is 2.44 bits per heavy atom. The fourth-order valence-corrected chi connectivity index (χ4v) is 4.36. The van der Waals surface area contributed by atoms with Crippen LogP contribution in [0.15, 0.2) is 18.5 Å². The molecule has 86 valence electrons. The molecule has 0 spiro atoms. The van der Waals surface area contributed by atoms with Gasteiger partial charge in [0.1, 0.15) is 0 Å². The van der Waals surface area contributed by atoms with Crippen molar-refractivity contribution in [1.82, 2.24) is 4.98 Å². The maximum absolute atomic E-state index is 12.0. The van der Waals surface area contributed by atoms with Gasteiger partial charge in [0.25, 0.3) is 0 Å². The van der Waals surface area contributed by atoms with Crippen LogP contribution < -0.4 is 0 Å². The smallest absolute Gasteiger partial charge is 0.151 e. The third-order valence-corrected chi connectivity index (χ3v) is 5.54. The van der Waals surface area contributed by atoms with E-state index >= 15 is 0 Å². The first-order valence-electron chi connectivity index (χ1n) is 5.08. The van der Waals surface area contributed by atoms with Crippen molar-refractivity contribution >= 4 is 40.9 Å². The van der Waals surface area contributed by atoms with Crippen LogP contribution in [0, 0.1) is 0 Å². The highest BCUT2D eigenvalue weighted by Crippen LogP contribution is 2.26. The molecule has 2 nitrogen and oxygen atoms in total. The van der Waals surface area contributed by atoms with E-state index in [2.05, 4.69) is 4.98 Å². The van der Waals surface area contributed by atoms with Crippen LogP contribution in [0.5, 0.6) is 0 Å². The van der Waals surface area contributed by atoms with Gasteiger partial charge in [0.05, 0.1) is 10.3 Å². The van der Waals surface area contributed by atoms with Gasteiger partial charge in [0.15, 0.2) is 5.78 Å². The van der Waals surface area contributed by atoms with Gasteiger partial charge in [-0.05, 0) is 11.6 Å². The molecular formula is C11H12ClNOS2. The van der Waals surface area contributed by atoms with Crippen molar-refractivity contribution in [3.05, 3.63) is 29.0 Å². The third-order valence-electron chi connectivity index (χ3n) is 2.40. The molecule has 1 saturated heterocycles. The molecule has 0 radical (unpaired) electrons. The van der Waals surface area contributed by atoms with E-state index in [-0.39, 0.29) is 11.0 Å². The summed E-state index contributed by atoms with van der Waals surface area (Å²) in [6, 6.07) is 1.82. The highest BCUT2D eigenvalue weighted by Gasteiger charge is 2.22. The van der Waals surface area contributed by atoms with Gasteiger partial charge in [-0.1, -0.05) is 11.6 Å². The number of nitrogens with zero attached hydrogens (tertiary/aromatic N) is 1. The van der Waals surface area contributed by atoms with Gasteiger partial charge in [-0.2, -0.15) is 11.8 Å². The standard InChI is InChI=1S/C11H12ClNOS2/c12-9-6-13-2-1-8(9)5-10(14)11-7-15-3-4-16-11/h1-2,6,11H,3-5,7H2. The number of carbonyl (C=O) groups excluding carboxylic acids is 1. The van der Waals surface area contributed by atoms with E-state index in [1.54, 1.807) is 24.2 Å². The summed E-state index contributed by atoms with van der Waals surface area (Å²) < 4.78 is 0. The number of Topliss-reactive ketones (excluding diaryl/α,β-unsaturated/α-hetero) is 1. The lowest BCUT2D eigenvalue weighted by molar-refractivity contribution is -0.117. The van der Waals surface area contributed by atoms with Crippen molar-refractivity contribution < 1.29 is 4.79 Å². The lowest BCUT2D eigenvalue weighted by atomic mass is 10.1. The molecule has 1 unspecified atom stereocenters. The van der Waals surface area contributed by atoms with Crippen LogP contribution in [-0.2, 0) is 11.2 Å². The Balaban J connectivity index is 1.99. The quantitative estimate of drug-likeness (QED) is 0.847. The Hall–Kier alpha value is -0.190. The Morgan fingerprint density at radius 1 is 1.56 bits per heavy atom. The molecule has 1 aromatic heterocycles. The van der Waals surface area contributed by atoms with Crippen molar-refractivity contribution in [3.63, 3.8) is 0 Å². The molecular weight excluding hydrogens is 262 g/mol. The second-order valence-corrected chi connectivity index (χ2v) is 6.41. The van der Waals surface area contributed by atoms with Crippen LogP contribution >= 0.6 is 35.1 Å². The Labute approximate surface area is 109 Å². The van der Waals surface area contributed by atoms with Crippen molar-refractivity contribution in [2.45, 2.75) is 11.7 Å². The molecule has 1 aliphatic heterocycles. The number of thioether (sulfide) groups is 2. The van der Waals surface area contributed by atoms with Gasteiger partial charge in [0, 0.05) is 36.1 Å². The second kappa shape index (κ2) is 5.94. The monoisotopic (exact) mass is 273 g/mol. The summed E-state index contributed by atoms with van der Waals surface area (Å²) in [6.45, 7) is 0. The highest BCUT2D eigenvalue weighted by molar-refractivity contribution is 8.07. The van der Waals surface area contributed by atoms with Gasteiger partial charge in [0.2, 0.25) is 0 Å². The normalized spacial score (nSPS) is 20.7. The van der Waals surface area contributed by atoms with E-state index in [0.29, 0.717) is 11.4 Å². The summed E-state index contributed by atoms with van der Waals surface area (Å²) in [6.07, 6.45) is 3.70. The maximum atomic E-state index is 12.0. The number of carbonyl (C=O) groups is 1. The SMILES string of the molecule is O=C(Cc1ccncc1Cl)C1CSCCS1. The van der Waals surface area contributed by atoms with Crippen LogP contribution in [0.3, 0.4) is 0 Å². The molecule has 1 atom stereocenters. The number of ketones is 1. The molecule has 2 heterocycles. The van der Waals surface area contributed by atoms with E-state index in [9.17, 15) is 4.79 Å². The summed E-state index contributed by atoms with van der Waals surface area (Å²) in [5.74, 6) is 3.45. The number of hydrogen-bond acceptors (Lipinski definition) is 4. The minimum absolute atomic E-state index is 0.142. The summed E-state index contributed by atoms with van der Waals surface area (Å²) in [4.78, 5) is 15.9. The molecule has 1 aliphatic rings. The molecule has 0 aliphatic carbocycles. The van der Waals surface area contributed by atoms with E-state index in [4.69, 9.17) is 11.6 Å². The summed E-state index contributed by atoms with van der Waals surface area (Å²) in [5, 5.41) is 0.729. The first-order valence-corrected chi connectivity index (χ1v) is 7.66. The topological polar surface area (TPSA) is 30.0 Å². The van der Waals surface area contributed by atoms with Crippen LogP contribution in [0.2, 0.25) is 5.02 Å². The molecule has 0 aromatic carbocycles. The molecule has 0 amide bonds. The minimum Gasteiger partial charge on any atom is -0.298 e. The first-order chi connectivity index (χ1) is 7.77. The van der Waals surface area contributed by atoms with E-state index in [1.807, 2.05) is 17.8 Å². The fourth-order valence-electron chi connectivity index (χ4n) is 1.52. The average Bonchev–Trinajstić information content (AvgIpc) is 2.33. The van der Waals surface area contributed by atoms with Crippen molar-refractivity contribution in [2.24, 2.45) is 0 Å². The third kappa shape index (κ3) is 3.15. The predicted molar refractivity (Wildman–Crippen MR) is 71.5 cm³/mol. The van der Waals surface area contributed by atoms with Gasteiger partial charge in [-0.15, -0.1) is 11.8 Å². The van der Waals surface area contributed by atoms with Crippen molar-refractivity contribution in [3.8, 4) is 0 Å². The van der Waals surface area contributed by atoms with Gasteiger partial charge < -0.3 is 0 Å². The molecule has 5 heteroatoms. The number of aromatic nitrogens is 1. The number of halogens is 1. The Morgan fingerprint density at radius 3 is 3.12 bits per heavy atom. The number of hydrogen-bond donors (Lipinski definition) is 0. The van der Waals surface area contributed by atoms with E-state index < -0.39 is 0 Å². The average molecular weight is 274 g/mol. The number of rotatable bonds is 3. The molecule has 0 saturated carbocycles. The summed E-state index contributed by atoms with van der Waals surface area (Å²) in [5.41, 5.74) is 0.887. The predicted octanol–water partition coefficient (Wildman–Crippen LogP) is 2.70. The lowest BCUT2D eigenvalue weighted by Crippen LogP contribution is -2.25. The highest BCUT2D eigenvalue weighted by atomic mass is 35.5. The largest absolute Gasteiger partial charge is 0.298 e. The first kappa shape index (κ1) is 12.3. The fraction of sp³-hybridized carbons (Fsp3) is 0.455. The summed E-state index contributed by atoms with van der Waals surface area (Å²) >= 11 is 9.61. The van der Waals surface area contributed by atoms with Crippen LogP contribution in [-0.4, -0.2) is 33.3 Å². The van der Waals surface area contributed by atoms with Crippen LogP contribution in [0.1, 0.15) is 5.56 Å². The van der Waals surface area contributed by atoms with E-state index in [0.717, 1.165) is 22.8 Å². The molecule has 1 aromatic rings.